The smallest absolute Gasteiger partial charge is 0.254 e. The highest BCUT2D eigenvalue weighted by atomic mass is 32.1. The fraction of sp³-hybridized carbons (Fsp3) is 0.333. The molecule has 1 atom stereocenters. The average Bonchev–Trinajstić information content (AvgIpc) is 3.01. The summed E-state index contributed by atoms with van der Waals surface area (Å²) in [7, 11) is 0. The van der Waals surface area contributed by atoms with Crippen LogP contribution < -0.4 is 5.32 Å². The molecule has 0 radical (unpaired) electrons. The number of benzene rings is 1. The van der Waals surface area contributed by atoms with Crippen molar-refractivity contribution in [2.24, 2.45) is 0 Å². The second-order valence-electron chi connectivity index (χ2n) is 5.73. The van der Waals surface area contributed by atoms with Gasteiger partial charge in [0.2, 0.25) is 5.91 Å². The maximum Gasteiger partial charge on any atom is 0.254 e. The molecule has 4 nitrogen and oxygen atoms in total. The SMILES string of the molecule is CC[C@H]1c2ccsc2CCN1C(=O)c1cccc(NC(C)=O)c1. The third-order valence-corrected chi connectivity index (χ3v) is 5.17. The molecule has 120 valence electrons. The Morgan fingerprint density at radius 1 is 1.35 bits per heavy atom. The maximum atomic E-state index is 13.0. The number of hydrogen-bond donors (Lipinski definition) is 1. The summed E-state index contributed by atoms with van der Waals surface area (Å²) < 4.78 is 0. The highest BCUT2D eigenvalue weighted by Crippen LogP contribution is 2.36. The van der Waals surface area contributed by atoms with Gasteiger partial charge in [0.25, 0.3) is 5.91 Å². The van der Waals surface area contributed by atoms with E-state index in [2.05, 4.69) is 23.7 Å². The van der Waals surface area contributed by atoms with Crippen LogP contribution in [0.3, 0.4) is 0 Å². The van der Waals surface area contributed by atoms with E-state index < -0.39 is 0 Å². The molecule has 1 N–H and O–H groups in total. The van der Waals surface area contributed by atoms with E-state index in [-0.39, 0.29) is 17.9 Å². The number of carbonyl (C=O) groups excluding carboxylic acids is 2. The van der Waals surface area contributed by atoms with E-state index in [4.69, 9.17) is 0 Å². The molecule has 0 bridgehead atoms. The summed E-state index contributed by atoms with van der Waals surface area (Å²) in [4.78, 5) is 27.5. The lowest BCUT2D eigenvalue weighted by Crippen LogP contribution is -2.39. The van der Waals surface area contributed by atoms with E-state index in [1.54, 1.807) is 29.5 Å². The number of fused-ring (bicyclic) bond motifs is 1. The number of nitrogens with one attached hydrogen (secondary N) is 1. The summed E-state index contributed by atoms with van der Waals surface area (Å²) in [6, 6.07) is 9.44. The quantitative estimate of drug-likeness (QED) is 0.930. The number of hydrogen-bond acceptors (Lipinski definition) is 3. The Balaban J connectivity index is 1.87. The summed E-state index contributed by atoms with van der Waals surface area (Å²) in [5.74, 6) is -0.108. The molecule has 0 fully saturated rings. The molecular weight excluding hydrogens is 308 g/mol. The largest absolute Gasteiger partial charge is 0.331 e. The van der Waals surface area contributed by atoms with Crippen molar-refractivity contribution in [3.05, 3.63) is 51.7 Å². The molecule has 0 aliphatic carbocycles. The lowest BCUT2D eigenvalue weighted by Gasteiger charge is -2.35. The van der Waals surface area contributed by atoms with Crippen LogP contribution in [0.25, 0.3) is 0 Å². The number of amides is 2. The van der Waals surface area contributed by atoms with Gasteiger partial charge in [0.15, 0.2) is 0 Å². The van der Waals surface area contributed by atoms with Gasteiger partial charge in [-0.3, -0.25) is 9.59 Å². The van der Waals surface area contributed by atoms with Crippen molar-refractivity contribution in [2.45, 2.75) is 32.7 Å². The first-order valence-electron chi connectivity index (χ1n) is 7.85. The molecule has 0 saturated carbocycles. The summed E-state index contributed by atoms with van der Waals surface area (Å²) in [6.45, 7) is 4.32. The van der Waals surface area contributed by atoms with Gasteiger partial charge < -0.3 is 10.2 Å². The number of anilines is 1. The van der Waals surface area contributed by atoms with Crippen molar-refractivity contribution in [1.29, 1.82) is 0 Å². The predicted octanol–water partition coefficient (Wildman–Crippen LogP) is 3.86. The fourth-order valence-corrected chi connectivity index (χ4v) is 4.11. The second-order valence-corrected chi connectivity index (χ2v) is 6.73. The van der Waals surface area contributed by atoms with Crippen LogP contribution in [-0.2, 0) is 11.2 Å². The molecule has 2 amide bonds. The van der Waals surface area contributed by atoms with Gasteiger partial charge in [0, 0.05) is 29.6 Å². The summed E-state index contributed by atoms with van der Waals surface area (Å²) >= 11 is 1.78. The van der Waals surface area contributed by atoms with Gasteiger partial charge >= 0.3 is 0 Å². The fourth-order valence-electron chi connectivity index (χ4n) is 3.18. The van der Waals surface area contributed by atoms with Crippen LogP contribution in [0.4, 0.5) is 5.69 Å². The number of thiophene rings is 1. The van der Waals surface area contributed by atoms with Gasteiger partial charge in [0.1, 0.15) is 0 Å². The first-order chi connectivity index (χ1) is 11.1. The molecule has 1 aliphatic heterocycles. The van der Waals surface area contributed by atoms with E-state index in [0.717, 1.165) is 19.4 Å². The Morgan fingerprint density at radius 2 is 2.17 bits per heavy atom. The van der Waals surface area contributed by atoms with Gasteiger partial charge in [-0.2, -0.15) is 0 Å². The van der Waals surface area contributed by atoms with Crippen molar-refractivity contribution in [2.75, 3.05) is 11.9 Å². The molecule has 1 aliphatic rings. The summed E-state index contributed by atoms with van der Waals surface area (Å²) in [5.41, 5.74) is 2.56. The van der Waals surface area contributed by atoms with Crippen molar-refractivity contribution >= 4 is 28.8 Å². The minimum absolute atomic E-state index is 0.0286. The van der Waals surface area contributed by atoms with E-state index in [1.165, 1.54) is 17.4 Å². The zero-order valence-corrected chi connectivity index (χ0v) is 14.2. The molecule has 0 spiro atoms. The number of rotatable bonds is 3. The number of nitrogens with zero attached hydrogens (tertiary/aromatic N) is 1. The van der Waals surface area contributed by atoms with Crippen molar-refractivity contribution in [1.82, 2.24) is 4.90 Å². The minimum Gasteiger partial charge on any atom is -0.331 e. The van der Waals surface area contributed by atoms with E-state index >= 15 is 0 Å². The van der Waals surface area contributed by atoms with Gasteiger partial charge in [-0.05, 0) is 48.1 Å². The monoisotopic (exact) mass is 328 g/mol. The summed E-state index contributed by atoms with van der Waals surface area (Å²) in [6.07, 6.45) is 1.82. The highest BCUT2D eigenvalue weighted by molar-refractivity contribution is 7.10. The van der Waals surface area contributed by atoms with Gasteiger partial charge in [-0.1, -0.05) is 13.0 Å². The molecule has 1 aromatic carbocycles. The Kier molecular flexibility index (Phi) is 4.48. The average molecular weight is 328 g/mol. The lowest BCUT2D eigenvalue weighted by atomic mass is 9.97. The maximum absolute atomic E-state index is 13.0. The highest BCUT2D eigenvalue weighted by Gasteiger charge is 2.30. The molecule has 2 aromatic rings. The van der Waals surface area contributed by atoms with Crippen LogP contribution in [0.5, 0.6) is 0 Å². The molecule has 2 heterocycles. The van der Waals surface area contributed by atoms with Crippen LogP contribution in [0.15, 0.2) is 35.7 Å². The van der Waals surface area contributed by atoms with Gasteiger partial charge in [-0.25, -0.2) is 0 Å². The molecule has 5 heteroatoms. The van der Waals surface area contributed by atoms with Crippen LogP contribution in [0.2, 0.25) is 0 Å². The third kappa shape index (κ3) is 3.15. The first-order valence-corrected chi connectivity index (χ1v) is 8.73. The third-order valence-electron chi connectivity index (χ3n) is 4.17. The zero-order chi connectivity index (χ0) is 16.4. The number of carbonyl (C=O) groups is 2. The normalized spacial score (nSPS) is 16.8. The van der Waals surface area contributed by atoms with Crippen molar-refractivity contribution in [3.8, 4) is 0 Å². The van der Waals surface area contributed by atoms with Crippen LogP contribution in [0, 0.1) is 0 Å². The Hall–Kier alpha value is -2.14. The van der Waals surface area contributed by atoms with Crippen LogP contribution in [0.1, 0.15) is 47.1 Å². The van der Waals surface area contributed by atoms with Gasteiger partial charge in [0.05, 0.1) is 6.04 Å². The van der Waals surface area contributed by atoms with Crippen molar-refractivity contribution < 1.29 is 9.59 Å². The molecule has 1 aromatic heterocycles. The molecular formula is C18H20N2O2S. The van der Waals surface area contributed by atoms with Gasteiger partial charge in [-0.15, -0.1) is 11.3 Å². The second kappa shape index (κ2) is 6.54. The van der Waals surface area contributed by atoms with E-state index in [9.17, 15) is 9.59 Å². The van der Waals surface area contributed by atoms with E-state index in [1.807, 2.05) is 11.0 Å². The minimum atomic E-state index is -0.137. The van der Waals surface area contributed by atoms with Crippen LogP contribution >= 0.6 is 11.3 Å². The zero-order valence-electron chi connectivity index (χ0n) is 13.3. The first kappa shape index (κ1) is 15.7. The van der Waals surface area contributed by atoms with Crippen LogP contribution in [-0.4, -0.2) is 23.3 Å². The Morgan fingerprint density at radius 3 is 2.91 bits per heavy atom. The Labute approximate surface area is 140 Å². The molecule has 23 heavy (non-hydrogen) atoms. The molecule has 0 saturated heterocycles. The van der Waals surface area contributed by atoms with Crippen molar-refractivity contribution in [3.63, 3.8) is 0 Å². The standard InChI is InChI=1S/C18H20N2O2S/c1-3-16-15-8-10-23-17(15)7-9-20(16)18(22)13-5-4-6-14(11-13)19-12(2)21/h4-6,8,10-11,16H,3,7,9H2,1-2H3,(H,19,21)/t16-/m0/s1. The lowest BCUT2D eigenvalue weighted by molar-refractivity contribution is -0.114. The molecule has 0 unspecified atom stereocenters. The van der Waals surface area contributed by atoms with E-state index in [0.29, 0.717) is 11.3 Å². The molecule has 3 rings (SSSR count). The Bertz CT molecular complexity index is 738. The summed E-state index contributed by atoms with van der Waals surface area (Å²) in [5, 5.41) is 4.84. The topological polar surface area (TPSA) is 49.4 Å². The predicted molar refractivity (Wildman–Crippen MR) is 92.8 cm³/mol.